The number of carbonyl (C=O) groups is 2. The highest BCUT2D eigenvalue weighted by Crippen LogP contribution is 2.39. The number of methoxy groups -OCH3 is 1. The summed E-state index contributed by atoms with van der Waals surface area (Å²) < 4.78 is 47.5. The lowest BCUT2D eigenvalue weighted by Crippen LogP contribution is -2.59. The van der Waals surface area contributed by atoms with Gasteiger partial charge in [0.2, 0.25) is 0 Å². The van der Waals surface area contributed by atoms with Gasteiger partial charge >= 0.3 is 11.9 Å². The maximum absolute atomic E-state index is 14.3. The fourth-order valence-electron chi connectivity index (χ4n) is 5.11. The summed E-state index contributed by atoms with van der Waals surface area (Å²) in [7, 11) is 1.16. The van der Waals surface area contributed by atoms with Gasteiger partial charge in [0.25, 0.3) is 0 Å². The minimum absolute atomic E-state index is 0.00451. The molecule has 4 rings (SSSR count). The number of aromatic nitrogens is 1. The van der Waals surface area contributed by atoms with Crippen molar-refractivity contribution in [2.75, 3.05) is 27.0 Å². The summed E-state index contributed by atoms with van der Waals surface area (Å²) in [6.45, 7) is -2.20. The lowest BCUT2D eigenvalue weighted by atomic mass is 9.80. The number of carboxylic acid groups (broad SMARTS) is 1. The summed E-state index contributed by atoms with van der Waals surface area (Å²) in [6, 6.07) is 0.473. The molecule has 2 aliphatic heterocycles. The highest BCUT2D eigenvalue weighted by Gasteiger charge is 2.46. The number of carbonyl (C=O) groups excluding carboxylic acids is 1. The van der Waals surface area contributed by atoms with E-state index in [1.807, 2.05) is 0 Å². The number of esters is 1. The lowest BCUT2D eigenvalue weighted by molar-refractivity contribution is -0.148. The van der Waals surface area contributed by atoms with Crippen molar-refractivity contribution in [1.82, 2.24) is 15.2 Å². The van der Waals surface area contributed by atoms with Gasteiger partial charge in [-0.1, -0.05) is 17.7 Å². The molecule has 1 aromatic heterocycles. The first-order valence-electron chi connectivity index (χ1n) is 11.9. The van der Waals surface area contributed by atoms with E-state index in [0.717, 1.165) is 13.2 Å². The first-order chi connectivity index (χ1) is 18.6. The molecule has 1 aromatic carbocycles. The Morgan fingerprint density at radius 2 is 1.97 bits per heavy atom. The van der Waals surface area contributed by atoms with Crippen LogP contribution in [0, 0.1) is 5.82 Å². The van der Waals surface area contributed by atoms with E-state index in [-0.39, 0.29) is 41.5 Å². The Labute approximate surface area is 231 Å². The zero-order chi connectivity index (χ0) is 28.3. The Morgan fingerprint density at radius 1 is 1.28 bits per heavy atom. The summed E-state index contributed by atoms with van der Waals surface area (Å²) in [5.41, 5.74) is -1.31. The fourth-order valence-corrected chi connectivity index (χ4v) is 5.97. The van der Waals surface area contributed by atoms with Crippen LogP contribution in [-0.2, 0) is 14.3 Å². The number of carboxylic acids is 1. The van der Waals surface area contributed by atoms with Crippen LogP contribution in [-0.4, -0.2) is 82.6 Å². The first-order valence-corrected chi connectivity index (χ1v) is 13.2. The number of aliphatic imine (C=N–C) groups is 1. The molecule has 2 aromatic rings. The Kier molecular flexibility index (Phi) is 8.94. The topological polar surface area (TPSA) is 124 Å². The van der Waals surface area contributed by atoms with Crippen LogP contribution in [0.2, 0.25) is 5.02 Å². The molecule has 9 nitrogen and oxygen atoms in total. The number of likely N-dealkylation sites (tertiary alicyclic amines) is 1. The van der Waals surface area contributed by atoms with Crippen molar-refractivity contribution in [3.05, 3.63) is 62.5 Å². The third-order valence-electron chi connectivity index (χ3n) is 6.77. The van der Waals surface area contributed by atoms with Gasteiger partial charge in [-0.2, -0.15) is 0 Å². The number of aliphatic hydroxyl groups is 1. The smallest absolute Gasteiger partial charge is 0.338 e. The van der Waals surface area contributed by atoms with Crippen molar-refractivity contribution in [1.29, 1.82) is 0 Å². The number of rotatable bonds is 9. The van der Waals surface area contributed by atoms with Gasteiger partial charge in [0.05, 0.1) is 24.7 Å². The Bertz CT molecular complexity index is 1280. The molecule has 0 bridgehead atoms. The van der Waals surface area contributed by atoms with Crippen molar-refractivity contribution < 1.29 is 37.7 Å². The van der Waals surface area contributed by atoms with Crippen molar-refractivity contribution in [2.24, 2.45) is 4.99 Å². The van der Waals surface area contributed by atoms with Crippen molar-refractivity contribution in [3.63, 3.8) is 0 Å². The predicted molar refractivity (Wildman–Crippen MR) is 138 cm³/mol. The van der Waals surface area contributed by atoms with Crippen LogP contribution in [0.1, 0.15) is 35.9 Å². The van der Waals surface area contributed by atoms with Gasteiger partial charge in [-0.05, 0) is 25.0 Å². The molecule has 3 unspecified atom stereocenters. The van der Waals surface area contributed by atoms with Gasteiger partial charge in [0.15, 0.2) is 10.8 Å². The van der Waals surface area contributed by atoms with Crippen molar-refractivity contribution in [2.45, 2.75) is 43.0 Å². The molecule has 0 spiro atoms. The van der Waals surface area contributed by atoms with Gasteiger partial charge in [-0.3, -0.25) is 14.7 Å². The second kappa shape index (κ2) is 12.0. The van der Waals surface area contributed by atoms with Crippen molar-refractivity contribution >= 4 is 40.7 Å². The number of alkyl halides is 2. The summed E-state index contributed by atoms with van der Waals surface area (Å²) in [4.78, 5) is 34.7. The SMILES string of the molecule is COC(=O)C1=C(CN2C(CF)CC(O)(CC(=O)O)CC2CF)NC(c2nccs2)=NC1c1ccc(F)cc1Cl. The molecule has 3 heterocycles. The predicted octanol–water partition coefficient (Wildman–Crippen LogP) is 3.43. The Balaban J connectivity index is 1.80. The summed E-state index contributed by atoms with van der Waals surface area (Å²) in [6.07, 6.45) is 0.380. The van der Waals surface area contributed by atoms with Gasteiger partial charge in [-0.15, -0.1) is 11.3 Å². The van der Waals surface area contributed by atoms with E-state index in [9.17, 15) is 33.0 Å². The summed E-state index contributed by atoms with van der Waals surface area (Å²) >= 11 is 7.60. The molecule has 0 saturated carbocycles. The zero-order valence-corrected chi connectivity index (χ0v) is 22.3. The average Bonchev–Trinajstić information content (AvgIpc) is 3.43. The summed E-state index contributed by atoms with van der Waals surface area (Å²) in [5, 5.41) is 25.3. The Hall–Kier alpha value is -3.00. The van der Waals surface area contributed by atoms with E-state index in [0.29, 0.717) is 10.6 Å². The number of halogens is 4. The van der Waals surface area contributed by atoms with Crippen LogP contribution in [0.25, 0.3) is 0 Å². The largest absolute Gasteiger partial charge is 0.481 e. The second-order valence-electron chi connectivity index (χ2n) is 9.38. The highest BCUT2D eigenvalue weighted by molar-refractivity contribution is 7.11. The number of hydrogen-bond acceptors (Lipinski definition) is 9. The number of nitrogens with one attached hydrogen (secondary N) is 1. The molecule has 1 saturated heterocycles. The van der Waals surface area contributed by atoms with E-state index < -0.39 is 61.3 Å². The molecule has 14 heteroatoms. The van der Waals surface area contributed by atoms with E-state index >= 15 is 0 Å². The molecule has 3 N–H and O–H groups in total. The number of benzene rings is 1. The molecule has 2 aliphatic rings. The summed E-state index contributed by atoms with van der Waals surface area (Å²) in [5.74, 6) is -2.41. The van der Waals surface area contributed by atoms with Crippen LogP contribution in [0.5, 0.6) is 0 Å². The molecule has 0 radical (unpaired) electrons. The maximum atomic E-state index is 14.3. The third kappa shape index (κ3) is 6.26. The van der Waals surface area contributed by atoms with E-state index in [4.69, 9.17) is 16.3 Å². The number of hydrogen-bond donors (Lipinski definition) is 3. The van der Waals surface area contributed by atoms with Gasteiger partial charge in [0.1, 0.15) is 25.2 Å². The number of ether oxygens (including phenoxy) is 1. The van der Waals surface area contributed by atoms with Crippen LogP contribution >= 0.6 is 22.9 Å². The number of piperidine rings is 1. The van der Waals surface area contributed by atoms with Gasteiger partial charge in [-0.25, -0.2) is 22.9 Å². The normalized spacial score (nSPS) is 25.7. The van der Waals surface area contributed by atoms with E-state index in [2.05, 4.69) is 15.3 Å². The van der Waals surface area contributed by atoms with E-state index in [1.165, 1.54) is 28.4 Å². The van der Waals surface area contributed by atoms with Crippen LogP contribution in [0.3, 0.4) is 0 Å². The first kappa shape index (κ1) is 29.0. The van der Waals surface area contributed by atoms with Crippen LogP contribution < -0.4 is 5.32 Å². The number of thiazole rings is 1. The maximum Gasteiger partial charge on any atom is 0.338 e. The third-order valence-corrected chi connectivity index (χ3v) is 7.88. The van der Waals surface area contributed by atoms with Gasteiger partial charge in [0, 0.05) is 46.5 Å². The molecule has 3 atom stereocenters. The average molecular weight is 587 g/mol. The number of amidine groups is 1. The van der Waals surface area contributed by atoms with Crippen LogP contribution in [0.15, 0.2) is 46.0 Å². The lowest BCUT2D eigenvalue weighted by Gasteiger charge is -2.47. The molecule has 210 valence electrons. The molecular formula is C25H26ClF3N4O5S. The quantitative estimate of drug-likeness (QED) is 0.382. The number of nitrogens with zero attached hydrogens (tertiary/aromatic N) is 3. The highest BCUT2D eigenvalue weighted by atomic mass is 35.5. The monoisotopic (exact) mass is 586 g/mol. The molecule has 0 aliphatic carbocycles. The van der Waals surface area contributed by atoms with Gasteiger partial charge < -0.3 is 20.3 Å². The minimum Gasteiger partial charge on any atom is -0.481 e. The standard InChI is InChI=1S/C25H26ClF3N4O5S/c1-38-24(36)20-18(12-33-14(10-27)7-25(37,9-19(34)35)8-15(33)11-28)31-22(23-30-4-5-39-23)32-21(20)16-3-2-13(29)6-17(16)26/h2-6,14-15,21,37H,7-12H2,1H3,(H,31,32)(H,34,35). The minimum atomic E-state index is -1.80. The van der Waals surface area contributed by atoms with Crippen LogP contribution in [0.4, 0.5) is 13.2 Å². The molecular weight excluding hydrogens is 561 g/mol. The fraction of sp³-hybridized carbons (Fsp3) is 0.440. The molecule has 1 fully saturated rings. The zero-order valence-electron chi connectivity index (χ0n) is 20.7. The second-order valence-corrected chi connectivity index (χ2v) is 10.7. The van der Waals surface area contributed by atoms with Crippen molar-refractivity contribution in [3.8, 4) is 0 Å². The van der Waals surface area contributed by atoms with E-state index in [1.54, 1.807) is 11.6 Å². The molecule has 0 amide bonds. The molecule has 39 heavy (non-hydrogen) atoms. The number of aliphatic carboxylic acids is 1. The Morgan fingerprint density at radius 3 is 2.51 bits per heavy atom.